The Morgan fingerprint density at radius 2 is 1.69 bits per heavy atom. The summed E-state index contributed by atoms with van der Waals surface area (Å²) in [6, 6.07) is 0. The van der Waals surface area contributed by atoms with Crippen LogP contribution < -0.4 is 0 Å². The number of hydrogen-bond donors (Lipinski definition) is 4. The molecule has 0 aromatic carbocycles. The van der Waals surface area contributed by atoms with E-state index < -0.39 is 27.0 Å². The molecule has 0 aromatic heterocycles. The third-order valence-corrected chi connectivity index (χ3v) is 4.50. The average Bonchev–Trinajstić information content (AvgIpc) is 2.06. The van der Waals surface area contributed by atoms with Crippen LogP contribution in [0.25, 0.3) is 0 Å². The molecule has 6 nitrogen and oxygen atoms in total. The van der Waals surface area contributed by atoms with E-state index in [-0.39, 0.29) is 6.42 Å². The third-order valence-electron chi connectivity index (χ3n) is 1.95. The fraction of sp³-hybridized carbons (Fsp3) is 0.750. The van der Waals surface area contributed by atoms with Crippen molar-refractivity contribution >= 4 is 15.2 Å². The fourth-order valence-electron chi connectivity index (χ4n) is 1.13. The Morgan fingerprint density at radius 3 is 2.06 bits per heavy atom. The SMILES string of the molecule is CCCC=CCC(CP(=O)(O)O)P(=O)(O)O. The van der Waals surface area contributed by atoms with Gasteiger partial charge in [-0.2, -0.15) is 0 Å². The first kappa shape index (κ1) is 16.0. The lowest BCUT2D eigenvalue weighted by atomic mass is 10.2. The number of rotatable bonds is 7. The highest BCUT2D eigenvalue weighted by molar-refractivity contribution is 7.56. The minimum Gasteiger partial charge on any atom is -0.324 e. The molecule has 0 fully saturated rings. The molecule has 4 N–H and O–H groups in total. The van der Waals surface area contributed by atoms with Crippen molar-refractivity contribution in [2.75, 3.05) is 6.16 Å². The molecular weight excluding hydrogens is 254 g/mol. The van der Waals surface area contributed by atoms with Crippen LogP contribution in [0.4, 0.5) is 0 Å². The maximum atomic E-state index is 11.0. The summed E-state index contributed by atoms with van der Waals surface area (Å²) < 4.78 is 21.7. The molecule has 0 saturated carbocycles. The van der Waals surface area contributed by atoms with Gasteiger partial charge >= 0.3 is 15.2 Å². The second kappa shape index (κ2) is 6.70. The van der Waals surface area contributed by atoms with Gasteiger partial charge in [0.2, 0.25) is 0 Å². The van der Waals surface area contributed by atoms with Crippen molar-refractivity contribution < 1.29 is 28.7 Å². The first-order valence-corrected chi connectivity index (χ1v) is 8.39. The van der Waals surface area contributed by atoms with Gasteiger partial charge in [-0.25, -0.2) is 0 Å². The van der Waals surface area contributed by atoms with Crippen molar-refractivity contribution in [3.8, 4) is 0 Å². The van der Waals surface area contributed by atoms with Crippen LogP contribution in [0.3, 0.4) is 0 Å². The second-order valence-electron chi connectivity index (χ2n) is 3.59. The molecule has 16 heavy (non-hydrogen) atoms. The van der Waals surface area contributed by atoms with Gasteiger partial charge in [-0.3, -0.25) is 9.13 Å². The summed E-state index contributed by atoms with van der Waals surface area (Å²) in [4.78, 5) is 35.3. The van der Waals surface area contributed by atoms with Gasteiger partial charge in [0.1, 0.15) is 0 Å². The van der Waals surface area contributed by atoms with E-state index in [1.807, 2.05) is 6.92 Å². The van der Waals surface area contributed by atoms with Gasteiger partial charge < -0.3 is 19.6 Å². The molecule has 0 saturated heterocycles. The maximum absolute atomic E-state index is 11.0. The highest BCUT2D eigenvalue weighted by atomic mass is 31.2. The van der Waals surface area contributed by atoms with Crippen molar-refractivity contribution in [1.82, 2.24) is 0 Å². The van der Waals surface area contributed by atoms with Gasteiger partial charge in [0.25, 0.3) is 0 Å². The number of allylic oxidation sites excluding steroid dienone is 2. The van der Waals surface area contributed by atoms with Crippen LogP contribution in [0.5, 0.6) is 0 Å². The minimum absolute atomic E-state index is 0.0185. The molecule has 0 aliphatic heterocycles. The average molecular weight is 272 g/mol. The summed E-state index contributed by atoms with van der Waals surface area (Å²) in [5.74, 6) is 0. The number of hydrogen-bond acceptors (Lipinski definition) is 2. The Kier molecular flexibility index (Phi) is 6.71. The lowest BCUT2D eigenvalue weighted by Gasteiger charge is -2.17. The van der Waals surface area contributed by atoms with E-state index in [2.05, 4.69) is 0 Å². The second-order valence-corrected chi connectivity index (χ2v) is 7.19. The van der Waals surface area contributed by atoms with Crippen LogP contribution in [0, 0.1) is 0 Å². The molecule has 1 unspecified atom stereocenters. The van der Waals surface area contributed by atoms with Crippen molar-refractivity contribution in [1.29, 1.82) is 0 Å². The van der Waals surface area contributed by atoms with Gasteiger partial charge in [0.15, 0.2) is 0 Å². The predicted molar refractivity (Wildman–Crippen MR) is 61.4 cm³/mol. The molecule has 0 heterocycles. The van der Waals surface area contributed by atoms with Gasteiger partial charge in [0.05, 0.1) is 11.8 Å². The van der Waals surface area contributed by atoms with E-state index >= 15 is 0 Å². The van der Waals surface area contributed by atoms with Crippen molar-refractivity contribution in [2.24, 2.45) is 0 Å². The first-order valence-electron chi connectivity index (χ1n) is 4.91. The monoisotopic (exact) mass is 272 g/mol. The van der Waals surface area contributed by atoms with E-state index in [9.17, 15) is 9.13 Å². The zero-order chi connectivity index (χ0) is 12.8. The molecular formula is C8H18O6P2. The van der Waals surface area contributed by atoms with Gasteiger partial charge in [-0.15, -0.1) is 0 Å². The van der Waals surface area contributed by atoms with E-state index in [4.69, 9.17) is 19.6 Å². The highest BCUT2D eigenvalue weighted by Gasteiger charge is 2.33. The fourth-order valence-corrected chi connectivity index (χ4v) is 3.71. The smallest absolute Gasteiger partial charge is 0.324 e. The molecule has 0 aromatic rings. The van der Waals surface area contributed by atoms with Gasteiger partial charge in [0, 0.05) is 0 Å². The molecule has 0 aliphatic rings. The van der Waals surface area contributed by atoms with Crippen LogP contribution in [0.1, 0.15) is 26.2 Å². The summed E-state index contributed by atoms with van der Waals surface area (Å²) in [5, 5.41) is 0. The topological polar surface area (TPSA) is 115 Å². The van der Waals surface area contributed by atoms with Crippen LogP contribution >= 0.6 is 15.2 Å². The van der Waals surface area contributed by atoms with Crippen LogP contribution in [0.2, 0.25) is 0 Å². The standard InChI is InChI=1S/C8H18O6P2/c1-2-3-4-5-6-8(16(12,13)14)7-15(9,10)11/h4-5,8H,2-3,6-7H2,1H3,(H2,9,10,11)(H2,12,13,14). The Labute approximate surface area is 94.7 Å². The van der Waals surface area contributed by atoms with Crippen LogP contribution in [-0.4, -0.2) is 31.4 Å². The third kappa shape index (κ3) is 8.22. The molecule has 0 spiro atoms. The highest BCUT2D eigenvalue weighted by Crippen LogP contribution is 2.50. The largest absolute Gasteiger partial charge is 0.329 e. The minimum atomic E-state index is -4.46. The zero-order valence-electron chi connectivity index (χ0n) is 9.06. The lowest BCUT2D eigenvalue weighted by molar-refractivity contribution is 0.346. The Balaban J connectivity index is 4.47. The van der Waals surface area contributed by atoms with E-state index in [1.54, 1.807) is 12.2 Å². The molecule has 0 rings (SSSR count). The van der Waals surface area contributed by atoms with E-state index in [1.165, 1.54) is 0 Å². The van der Waals surface area contributed by atoms with E-state index in [0.29, 0.717) is 0 Å². The first-order chi connectivity index (χ1) is 7.17. The summed E-state index contributed by atoms with van der Waals surface area (Å²) >= 11 is 0. The molecule has 1 atom stereocenters. The van der Waals surface area contributed by atoms with Crippen LogP contribution in [0.15, 0.2) is 12.2 Å². The van der Waals surface area contributed by atoms with Crippen molar-refractivity contribution in [3.63, 3.8) is 0 Å². The molecule has 96 valence electrons. The van der Waals surface area contributed by atoms with Crippen molar-refractivity contribution in [2.45, 2.75) is 31.8 Å². The van der Waals surface area contributed by atoms with Crippen LogP contribution in [-0.2, 0) is 9.13 Å². The van der Waals surface area contributed by atoms with E-state index in [0.717, 1.165) is 12.8 Å². The quantitative estimate of drug-likeness (QED) is 0.412. The number of unbranched alkanes of at least 4 members (excludes halogenated alkanes) is 1. The Morgan fingerprint density at radius 1 is 1.12 bits per heavy atom. The molecule has 0 amide bonds. The molecule has 0 radical (unpaired) electrons. The summed E-state index contributed by atoms with van der Waals surface area (Å²) in [6.07, 6.45) is 4.20. The molecule has 0 aliphatic carbocycles. The van der Waals surface area contributed by atoms with Gasteiger partial charge in [-0.1, -0.05) is 25.5 Å². The Bertz CT molecular complexity index is 314. The molecule has 8 heteroatoms. The maximum Gasteiger partial charge on any atom is 0.329 e. The summed E-state index contributed by atoms with van der Waals surface area (Å²) in [7, 11) is -8.86. The summed E-state index contributed by atoms with van der Waals surface area (Å²) in [5.41, 5.74) is -1.30. The molecule has 0 bridgehead atoms. The predicted octanol–water partition coefficient (Wildman–Crippen LogP) is 1.46. The summed E-state index contributed by atoms with van der Waals surface area (Å²) in [6.45, 7) is 1.96. The lowest BCUT2D eigenvalue weighted by Crippen LogP contribution is -2.13. The normalized spacial score (nSPS) is 15.6. The zero-order valence-corrected chi connectivity index (χ0v) is 10.8. The van der Waals surface area contributed by atoms with Crippen molar-refractivity contribution in [3.05, 3.63) is 12.2 Å². The Hall–Kier alpha value is 0.0400. The van der Waals surface area contributed by atoms with Gasteiger partial charge in [-0.05, 0) is 12.8 Å².